The molecule has 0 saturated carbocycles. The number of imidazole rings is 1. The number of aromatic nitrogens is 3. The first-order valence-electron chi connectivity index (χ1n) is 7.63. The molecule has 0 aliphatic rings. The Morgan fingerprint density at radius 1 is 1.39 bits per heavy atom. The van der Waals surface area contributed by atoms with Gasteiger partial charge in [-0.2, -0.15) is 0 Å². The number of nitrogens with zero attached hydrogens (tertiary/aromatic N) is 3. The molecule has 1 N–H and O–H groups in total. The van der Waals surface area contributed by atoms with Gasteiger partial charge in [-0.1, -0.05) is 23.7 Å². The maximum Gasteiger partial charge on any atom is 0.270 e. The highest BCUT2D eigenvalue weighted by molar-refractivity contribution is 6.31. The van der Waals surface area contributed by atoms with E-state index in [4.69, 9.17) is 11.6 Å². The van der Waals surface area contributed by atoms with Crippen molar-refractivity contribution in [2.75, 3.05) is 13.6 Å². The number of carbonyl (C=O) groups excluding carboxylic acids is 1. The van der Waals surface area contributed by atoms with Gasteiger partial charge in [-0.05, 0) is 25.1 Å². The van der Waals surface area contributed by atoms with Gasteiger partial charge in [-0.3, -0.25) is 4.79 Å². The number of hydrogen-bond acceptors (Lipinski definition) is 2. The standard InChI is InChI=1S/C17H19ClN4O/c1-3-22-11-12(18)10-15(22)17(23)21(2)9-8-16-19-13-6-4-5-7-14(13)20-16/h4-7,10-11H,3,8-9H2,1-2H3,(H,19,20). The largest absolute Gasteiger partial charge is 0.342 e. The van der Waals surface area contributed by atoms with E-state index in [1.165, 1.54) is 0 Å². The number of para-hydroxylation sites is 2. The minimum atomic E-state index is -0.0325. The lowest BCUT2D eigenvalue weighted by Gasteiger charge is -2.17. The van der Waals surface area contributed by atoms with Crippen LogP contribution in [0.1, 0.15) is 23.2 Å². The zero-order valence-corrected chi connectivity index (χ0v) is 14.0. The third-order valence-electron chi connectivity index (χ3n) is 3.89. The predicted molar refractivity (Wildman–Crippen MR) is 91.9 cm³/mol. The number of benzene rings is 1. The van der Waals surface area contributed by atoms with Crippen molar-refractivity contribution >= 4 is 28.5 Å². The molecule has 0 aliphatic carbocycles. The number of aromatic amines is 1. The zero-order valence-electron chi connectivity index (χ0n) is 13.2. The minimum Gasteiger partial charge on any atom is -0.342 e. The number of fused-ring (bicyclic) bond motifs is 1. The van der Waals surface area contributed by atoms with Crippen molar-refractivity contribution in [2.45, 2.75) is 19.9 Å². The quantitative estimate of drug-likeness (QED) is 0.780. The highest BCUT2D eigenvalue weighted by atomic mass is 35.5. The summed E-state index contributed by atoms with van der Waals surface area (Å²) in [5, 5.41) is 0.584. The molecule has 1 amide bonds. The van der Waals surface area contributed by atoms with Crippen molar-refractivity contribution in [2.24, 2.45) is 0 Å². The van der Waals surface area contributed by atoms with Crippen molar-refractivity contribution in [1.29, 1.82) is 0 Å². The molecule has 0 saturated heterocycles. The Morgan fingerprint density at radius 3 is 2.91 bits per heavy atom. The fraction of sp³-hybridized carbons (Fsp3) is 0.294. The second-order valence-corrected chi connectivity index (χ2v) is 5.94. The summed E-state index contributed by atoms with van der Waals surface area (Å²) in [5.41, 5.74) is 2.58. The number of rotatable bonds is 5. The summed E-state index contributed by atoms with van der Waals surface area (Å²) in [7, 11) is 1.80. The van der Waals surface area contributed by atoms with Gasteiger partial charge in [-0.25, -0.2) is 4.98 Å². The van der Waals surface area contributed by atoms with E-state index >= 15 is 0 Å². The van der Waals surface area contributed by atoms with Crippen molar-refractivity contribution in [3.63, 3.8) is 0 Å². The lowest BCUT2D eigenvalue weighted by atomic mass is 10.3. The smallest absolute Gasteiger partial charge is 0.270 e. The van der Waals surface area contributed by atoms with Gasteiger partial charge >= 0.3 is 0 Å². The average molecular weight is 331 g/mol. The van der Waals surface area contributed by atoms with Gasteiger partial charge in [-0.15, -0.1) is 0 Å². The van der Waals surface area contributed by atoms with Crippen molar-refractivity contribution in [1.82, 2.24) is 19.4 Å². The van der Waals surface area contributed by atoms with Crippen LogP contribution in [0.15, 0.2) is 36.5 Å². The molecule has 0 fully saturated rings. The molecule has 3 rings (SSSR count). The van der Waals surface area contributed by atoms with Crippen molar-refractivity contribution in [3.05, 3.63) is 53.1 Å². The summed E-state index contributed by atoms with van der Waals surface area (Å²) < 4.78 is 1.86. The Morgan fingerprint density at radius 2 is 2.17 bits per heavy atom. The third-order valence-corrected chi connectivity index (χ3v) is 4.10. The van der Waals surface area contributed by atoms with E-state index in [1.807, 2.05) is 35.8 Å². The van der Waals surface area contributed by atoms with Crippen LogP contribution in [-0.4, -0.2) is 38.9 Å². The second kappa shape index (κ2) is 6.46. The molecule has 0 spiro atoms. The number of nitrogens with one attached hydrogen (secondary N) is 1. The van der Waals surface area contributed by atoms with Gasteiger partial charge in [0.05, 0.1) is 16.1 Å². The van der Waals surface area contributed by atoms with Crippen LogP contribution in [0.3, 0.4) is 0 Å². The van der Waals surface area contributed by atoms with E-state index in [9.17, 15) is 4.79 Å². The lowest BCUT2D eigenvalue weighted by molar-refractivity contribution is 0.0785. The minimum absolute atomic E-state index is 0.0325. The first kappa shape index (κ1) is 15.6. The highest BCUT2D eigenvalue weighted by Gasteiger charge is 2.17. The van der Waals surface area contributed by atoms with E-state index in [2.05, 4.69) is 9.97 Å². The monoisotopic (exact) mass is 330 g/mol. The number of hydrogen-bond donors (Lipinski definition) is 1. The number of halogens is 1. The molecule has 0 atom stereocenters. The molecule has 0 aliphatic heterocycles. The second-order valence-electron chi connectivity index (χ2n) is 5.51. The fourth-order valence-electron chi connectivity index (χ4n) is 2.61. The lowest BCUT2D eigenvalue weighted by Crippen LogP contribution is -2.30. The Labute approximate surface area is 139 Å². The molecule has 2 heterocycles. The van der Waals surface area contributed by atoms with Gasteiger partial charge in [0.2, 0.25) is 0 Å². The Bertz CT molecular complexity index is 803. The molecule has 0 bridgehead atoms. The summed E-state index contributed by atoms with van der Waals surface area (Å²) in [5.74, 6) is 0.851. The average Bonchev–Trinajstić information content (AvgIpc) is 3.14. The molecule has 23 heavy (non-hydrogen) atoms. The molecule has 120 valence electrons. The molecule has 2 aromatic heterocycles. The van der Waals surface area contributed by atoms with Crippen LogP contribution >= 0.6 is 11.6 Å². The number of H-pyrrole nitrogens is 1. The van der Waals surface area contributed by atoms with Crippen LogP contribution in [-0.2, 0) is 13.0 Å². The van der Waals surface area contributed by atoms with Gasteiger partial charge in [0, 0.05) is 32.8 Å². The predicted octanol–water partition coefficient (Wildman–Crippen LogP) is 3.35. The Hall–Kier alpha value is -2.27. The van der Waals surface area contributed by atoms with Crippen LogP contribution in [0.5, 0.6) is 0 Å². The summed E-state index contributed by atoms with van der Waals surface area (Å²) in [6.45, 7) is 3.29. The molecular formula is C17H19ClN4O. The molecule has 0 radical (unpaired) electrons. The summed E-state index contributed by atoms with van der Waals surface area (Å²) >= 11 is 6.00. The van der Waals surface area contributed by atoms with Gasteiger partial charge in [0.1, 0.15) is 11.5 Å². The first-order chi connectivity index (χ1) is 11.1. The van der Waals surface area contributed by atoms with Crippen molar-refractivity contribution in [3.8, 4) is 0 Å². The maximum atomic E-state index is 12.5. The molecule has 6 heteroatoms. The van der Waals surface area contributed by atoms with Gasteiger partial charge < -0.3 is 14.5 Å². The van der Waals surface area contributed by atoms with E-state index in [0.29, 0.717) is 30.2 Å². The zero-order chi connectivity index (χ0) is 16.4. The SMILES string of the molecule is CCn1cc(Cl)cc1C(=O)N(C)CCc1nc2ccccc2[nH]1. The van der Waals surface area contributed by atoms with Gasteiger partial charge in [0.25, 0.3) is 5.91 Å². The van der Waals surface area contributed by atoms with E-state index in [1.54, 1.807) is 24.2 Å². The first-order valence-corrected chi connectivity index (χ1v) is 8.01. The summed E-state index contributed by atoms with van der Waals surface area (Å²) in [6, 6.07) is 9.62. The summed E-state index contributed by atoms with van der Waals surface area (Å²) in [4.78, 5) is 22.1. The normalized spacial score (nSPS) is 11.1. The fourth-order valence-corrected chi connectivity index (χ4v) is 2.83. The van der Waals surface area contributed by atoms with E-state index < -0.39 is 0 Å². The number of carbonyl (C=O) groups is 1. The van der Waals surface area contributed by atoms with Crippen LogP contribution in [0.25, 0.3) is 11.0 Å². The Balaban J connectivity index is 1.68. The van der Waals surface area contributed by atoms with E-state index in [-0.39, 0.29) is 5.91 Å². The third kappa shape index (κ3) is 3.24. The number of likely N-dealkylation sites (N-methyl/N-ethyl adjacent to an activating group) is 1. The Kier molecular flexibility index (Phi) is 4.39. The highest BCUT2D eigenvalue weighted by Crippen LogP contribution is 2.16. The molecule has 3 aromatic rings. The van der Waals surface area contributed by atoms with Gasteiger partial charge in [0.15, 0.2) is 0 Å². The number of aryl methyl sites for hydroxylation is 1. The summed E-state index contributed by atoms with van der Waals surface area (Å²) in [6.07, 6.45) is 2.46. The van der Waals surface area contributed by atoms with Crippen LogP contribution in [0, 0.1) is 0 Å². The molecular weight excluding hydrogens is 312 g/mol. The maximum absolute atomic E-state index is 12.5. The van der Waals surface area contributed by atoms with Crippen LogP contribution < -0.4 is 0 Å². The van der Waals surface area contributed by atoms with Crippen molar-refractivity contribution < 1.29 is 4.79 Å². The van der Waals surface area contributed by atoms with Crippen LogP contribution in [0.2, 0.25) is 5.02 Å². The molecule has 1 aromatic carbocycles. The number of amides is 1. The topological polar surface area (TPSA) is 53.9 Å². The molecule has 0 unspecified atom stereocenters. The molecule has 5 nitrogen and oxygen atoms in total. The van der Waals surface area contributed by atoms with Crippen LogP contribution in [0.4, 0.5) is 0 Å². The van der Waals surface area contributed by atoms with E-state index in [0.717, 1.165) is 16.9 Å².